The van der Waals surface area contributed by atoms with Crippen LogP contribution >= 0.6 is 0 Å². The van der Waals surface area contributed by atoms with Crippen LogP contribution in [0.2, 0.25) is 0 Å². The average Bonchev–Trinajstić information content (AvgIpc) is 3.16. The Kier molecular flexibility index (Phi) is 8.02. The summed E-state index contributed by atoms with van der Waals surface area (Å²) in [6.45, 7) is 9.34. The summed E-state index contributed by atoms with van der Waals surface area (Å²) in [6.07, 6.45) is 5.07. The fourth-order valence-electron chi connectivity index (χ4n) is 3.57. The van der Waals surface area contributed by atoms with E-state index >= 15 is 0 Å². The second-order valence-corrected chi connectivity index (χ2v) is 7.70. The SMILES string of the molecule is CCCOCCCCCn1nnc2cc(NCc3ccc(C)c(CC)c3)[nH]c(=O)c21. The Morgan fingerprint density at radius 2 is 2.00 bits per heavy atom. The van der Waals surface area contributed by atoms with Gasteiger partial charge in [0.2, 0.25) is 0 Å². The number of anilines is 1. The second-order valence-electron chi connectivity index (χ2n) is 7.70. The van der Waals surface area contributed by atoms with Gasteiger partial charge in [-0.3, -0.25) is 4.79 Å². The van der Waals surface area contributed by atoms with Crippen molar-refractivity contribution in [3.8, 4) is 0 Å². The number of rotatable bonds is 12. The van der Waals surface area contributed by atoms with Crippen LogP contribution in [0, 0.1) is 6.92 Å². The highest BCUT2D eigenvalue weighted by Gasteiger charge is 2.10. The Bertz CT molecular complexity index is 1010. The monoisotopic (exact) mass is 411 g/mol. The first-order valence-corrected chi connectivity index (χ1v) is 11.0. The maximum atomic E-state index is 12.6. The van der Waals surface area contributed by atoms with Crippen molar-refractivity contribution in [1.29, 1.82) is 0 Å². The lowest BCUT2D eigenvalue weighted by Crippen LogP contribution is -2.15. The van der Waals surface area contributed by atoms with Gasteiger partial charge in [0.15, 0.2) is 5.52 Å². The topological polar surface area (TPSA) is 84.8 Å². The fourth-order valence-corrected chi connectivity index (χ4v) is 3.57. The zero-order valence-corrected chi connectivity index (χ0v) is 18.3. The molecule has 3 rings (SSSR count). The molecule has 0 fully saturated rings. The quantitative estimate of drug-likeness (QED) is 0.436. The number of fused-ring (bicyclic) bond motifs is 1. The van der Waals surface area contributed by atoms with Crippen molar-refractivity contribution in [3.63, 3.8) is 0 Å². The molecule has 30 heavy (non-hydrogen) atoms. The molecule has 0 bridgehead atoms. The summed E-state index contributed by atoms with van der Waals surface area (Å²) in [4.78, 5) is 15.6. The van der Waals surface area contributed by atoms with Crippen LogP contribution in [-0.4, -0.2) is 33.2 Å². The Labute approximate surface area is 177 Å². The number of nitrogens with zero attached hydrogens (tertiary/aromatic N) is 3. The highest BCUT2D eigenvalue weighted by atomic mass is 16.5. The van der Waals surface area contributed by atoms with E-state index in [0.717, 1.165) is 45.3 Å². The van der Waals surface area contributed by atoms with Crippen LogP contribution in [0.4, 0.5) is 5.82 Å². The molecule has 0 aliphatic rings. The van der Waals surface area contributed by atoms with E-state index in [4.69, 9.17) is 4.74 Å². The zero-order chi connectivity index (χ0) is 21.3. The molecule has 0 saturated carbocycles. The minimum atomic E-state index is -0.163. The molecule has 1 aromatic carbocycles. The van der Waals surface area contributed by atoms with Gasteiger partial charge in [-0.05, 0) is 55.7 Å². The molecular formula is C23H33N5O2. The van der Waals surface area contributed by atoms with Crippen molar-refractivity contribution in [2.45, 2.75) is 66.0 Å². The molecule has 162 valence electrons. The zero-order valence-electron chi connectivity index (χ0n) is 18.3. The number of benzene rings is 1. The first-order valence-electron chi connectivity index (χ1n) is 11.0. The van der Waals surface area contributed by atoms with Gasteiger partial charge in [0.25, 0.3) is 5.56 Å². The molecule has 0 saturated heterocycles. The van der Waals surface area contributed by atoms with Crippen LogP contribution in [0.1, 0.15) is 56.2 Å². The van der Waals surface area contributed by atoms with E-state index in [1.54, 1.807) is 4.68 Å². The standard InChI is InChI=1S/C23H33N5O2/c1-4-12-30-13-8-6-7-11-28-22-20(26-27-28)15-21(25-23(22)29)24-16-18-10-9-17(3)19(5-2)14-18/h9-10,14-15H,4-8,11-13,16H2,1-3H3,(H2,24,25,29). The smallest absolute Gasteiger partial charge is 0.277 e. The van der Waals surface area contributed by atoms with E-state index in [0.29, 0.717) is 29.9 Å². The lowest BCUT2D eigenvalue weighted by molar-refractivity contribution is 0.130. The fraction of sp³-hybridized carbons (Fsp3) is 0.522. The Morgan fingerprint density at radius 1 is 1.13 bits per heavy atom. The first kappa shape index (κ1) is 22.0. The van der Waals surface area contributed by atoms with E-state index in [2.05, 4.69) is 59.6 Å². The Morgan fingerprint density at radius 3 is 2.80 bits per heavy atom. The molecule has 7 nitrogen and oxygen atoms in total. The van der Waals surface area contributed by atoms with E-state index < -0.39 is 0 Å². The molecule has 0 atom stereocenters. The number of H-pyrrole nitrogens is 1. The highest BCUT2D eigenvalue weighted by molar-refractivity contribution is 5.76. The average molecular weight is 412 g/mol. The molecule has 0 unspecified atom stereocenters. The van der Waals surface area contributed by atoms with Crippen LogP contribution in [0.5, 0.6) is 0 Å². The highest BCUT2D eigenvalue weighted by Crippen LogP contribution is 2.15. The number of hydrogen-bond acceptors (Lipinski definition) is 5. The maximum Gasteiger partial charge on any atom is 0.277 e. The summed E-state index contributed by atoms with van der Waals surface area (Å²) >= 11 is 0. The summed E-state index contributed by atoms with van der Waals surface area (Å²) < 4.78 is 7.21. The molecular weight excluding hydrogens is 378 g/mol. The molecule has 2 N–H and O–H groups in total. The number of pyridine rings is 1. The van der Waals surface area contributed by atoms with Gasteiger partial charge >= 0.3 is 0 Å². The van der Waals surface area contributed by atoms with Crippen molar-refractivity contribution >= 4 is 16.9 Å². The van der Waals surface area contributed by atoms with Crippen molar-refractivity contribution < 1.29 is 4.74 Å². The predicted octanol–water partition coefficient (Wildman–Crippen LogP) is 4.20. The first-order chi connectivity index (χ1) is 14.6. The Balaban J connectivity index is 1.59. The van der Waals surface area contributed by atoms with Crippen molar-refractivity contribution in [2.24, 2.45) is 0 Å². The molecule has 0 spiro atoms. The third-order valence-corrected chi connectivity index (χ3v) is 5.29. The van der Waals surface area contributed by atoms with E-state index in [9.17, 15) is 4.79 Å². The number of nitrogens with one attached hydrogen (secondary N) is 2. The lowest BCUT2D eigenvalue weighted by atomic mass is 10.0. The number of hydrogen-bond donors (Lipinski definition) is 2. The minimum Gasteiger partial charge on any atom is -0.381 e. The van der Waals surface area contributed by atoms with Gasteiger partial charge in [-0.25, -0.2) is 4.68 Å². The molecule has 0 amide bonds. The van der Waals surface area contributed by atoms with Gasteiger partial charge in [0.1, 0.15) is 11.3 Å². The van der Waals surface area contributed by atoms with Gasteiger partial charge in [-0.2, -0.15) is 0 Å². The van der Waals surface area contributed by atoms with Crippen LogP contribution < -0.4 is 10.9 Å². The van der Waals surface area contributed by atoms with Gasteiger partial charge in [-0.15, -0.1) is 5.10 Å². The third-order valence-electron chi connectivity index (χ3n) is 5.29. The lowest BCUT2D eigenvalue weighted by Gasteiger charge is -2.09. The molecule has 2 aromatic heterocycles. The van der Waals surface area contributed by atoms with Gasteiger partial charge in [-0.1, -0.05) is 37.3 Å². The van der Waals surface area contributed by atoms with Crippen molar-refractivity contribution in [2.75, 3.05) is 18.5 Å². The number of aromatic amines is 1. The van der Waals surface area contributed by atoms with E-state index in [1.165, 1.54) is 16.7 Å². The largest absolute Gasteiger partial charge is 0.381 e. The Hall–Kier alpha value is -2.67. The van der Waals surface area contributed by atoms with Gasteiger partial charge < -0.3 is 15.0 Å². The third kappa shape index (κ3) is 5.69. The molecule has 3 aromatic rings. The van der Waals surface area contributed by atoms with Crippen LogP contribution in [0.25, 0.3) is 11.0 Å². The maximum absolute atomic E-state index is 12.6. The molecule has 2 heterocycles. The van der Waals surface area contributed by atoms with Gasteiger partial charge in [0.05, 0.1) is 0 Å². The van der Waals surface area contributed by atoms with Gasteiger partial charge in [0, 0.05) is 32.4 Å². The van der Waals surface area contributed by atoms with Crippen LogP contribution in [0.15, 0.2) is 29.1 Å². The molecule has 0 radical (unpaired) electrons. The normalized spacial score (nSPS) is 11.3. The number of unbranched alkanes of at least 4 members (excludes halogenated alkanes) is 2. The van der Waals surface area contributed by atoms with Crippen LogP contribution in [0.3, 0.4) is 0 Å². The van der Waals surface area contributed by atoms with E-state index in [-0.39, 0.29) is 5.56 Å². The molecule has 7 heteroatoms. The van der Waals surface area contributed by atoms with Crippen molar-refractivity contribution in [1.82, 2.24) is 20.0 Å². The summed E-state index contributed by atoms with van der Waals surface area (Å²) in [5.41, 5.74) is 4.82. The molecule has 0 aliphatic heterocycles. The summed E-state index contributed by atoms with van der Waals surface area (Å²) in [6, 6.07) is 8.32. The van der Waals surface area contributed by atoms with E-state index in [1.807, 2.05) is 6.07 Å². The number of ether oxygens (including phenoxy) is 1. The second kappa shape index (κ2) is 10.9. The predicted molar refractivity (Wildman–Crippen MR) is 121 cm³/mol. The minimum absolute atomic E-state index is 0.163. The summed E-state index contributed by atoms with van der Waals surface area (Å²) in [5, 5.41) is 11.7. The number of aromatic nitrogens is 4. The molecule has 0 aliphatic carbocycles. The van der Waals surface area contributed by atoms with Crippen molar-refractivity contribution in [3.05, 3.63) is 51.3 Å². The summed E-state index contributed by atoms with van der Waals surface area (Å²) in [7, 11) is 0. The van der Waals surface area contributed by atoms with Crippen LogP contribution in [-0.2, 0) is 24.2 Å². The number of aryl methyl sites for hydroxylation is 3. The summed E-state index contributed by atoms with van der Waals surface area (Å²) in [5.74, 6) is 0.659.